The van der Waals surface area contributed by atoms with Crippen LogP contribution in [0.2, 0.25) is 0 Å². The van der Waals surface area contributed by atoms with Crippen molar-refractivity contribution in [1.29, 1.82) is 0 Å². The van der Waals surface area contributed by atoms with Gasteiger partial charge in [-0.3, -0.25) is 0 Å². The van der Waals surface area contributed by atoms with Crippen LogP contribution in [-0.2, 0) is 15.6 Å². The van der Waals surface area contributed by atoms with Crippen LogP contribution in [0.15, 0.2) is 39.0 Å². The van der Waals surface area contributed by atoms with Gasteiger partial charge in [-0.1, -0.05) is 12.1 Å². The lowest BCUT2D eigenvalue weighted by Gasteiger charge is -2.08. The first kappa shape index (κ1) is 13.6. The number of nitrogens with two attached hydrogens (primary N) is 1. The molecule has 0 radical (unpaired) electrons. The molecule has 0 saturated heterocycles. The van der Waals surface area contributed by atoms with Crippen LogP contribution in [0.3, 0.4) is 0 Å². The quantitative estimate of drug-likeness (QED) is 0.867. The molecule has 0 unspecified atom stereocenters. The van der Waals surface area contributed by atoms with Crippen molar-refractivity contribution >= 4 is 42.8 Å². The second-order valence-corrected chi connectivity index (χ2v) is 7.85. The molecule has 6 heteroatoms. The molecule has 3 nitrogen and oxygen atoms in total. The fraction of sp³-hybridized carbons (Fsp3) is 0.167. The molecular formula is C12H12BrNO2S2. The average Bonchev–Trinajstić information content (AvgIpc) is 2.67. The Hall–Kier alpha value is -0.850. The van der Waals surface area contributed by atoms with Crippen LogP contribution < -0.4 is 5.73 Å². The number of rotatable bonds is 3. The Morgan fingerprint density at radius 2 is 2.11 bits per heavy atom. The van der Waals surface area contributed by atoms with Gasteiger partial charge in [0, 0.05) is 14.7 Å². The second-order valence-electron chi connectivity index (χ2n) is 3.98. The van der Waals surface area contributed by atoms with Crippen LogP contribution in [0.1, 0.15) is 10.4 Å². The van der Waals surface area contributed by atoms with E-state index in [4.69, 9.17) is 5.73 Å². The molecule has 1 aromatic carbocycles. The van der Waals surface area contributed by atoms with Crippen molar-refractivity contribution in [2.45, 2.75) is 17.6 Å². The van der Waals surface area contributed by atoms with Crippen LogP contribution in [-0.4, -0.2) is 8.42 Å². The van der Waals surface area contributed by atoms with E-state index in [9.17, 15) is 8.42 Å². The van der Waals surface area contributed by atoms with E-state index in [2.05, 4.69) is 15.9 Å². The van der Waals surface area contributed by atoms with Crippen molar-refractivity contribution in [3.05, 3.63) is 44.6 Å². The molecule has 0 aliphatic carbocycles. The molecule has 2 N–H and O–H groups in total. The first-order valence-electron chi connectivity index (χ1n) is 5.21. The monoisotopic (exact) mass is 345 g/mol. The van der Waals surface area contributed by atoms with Gasteiger partial charge in [0.25, 0.3) is 0 Å². The van der Waals surface area contributed by atoms with Crippen LogP contribution in [0.4, 0.5) is 5.69 Å². The summed E-state index contributed by atoms with van der Waals surface area (Å²) in [5, 5.41) is 1.87. The number of thiophene rings is 1. The van der Waals surface area contributed by atoms with Gasteiger partial charge in [0.1, 0.15) is 0 Å². The van der Waals surface area contributed by atoms with Crippen molar-refractivity contribution in [3.8, 4) is 0 Å². The number of anilines is 1. The molecule has 0 amide bonds. The second kappa shape index (κ2) is 5.03. The summed E-state index contributed by atoms with van der Waals surface area (Å²) in [6.07, 6.45) is 0. The number of aryl methyl sites for hydroxylation is 1. The van der Waals surface area contributed by atoms with Gasteiger partial charge in [-0.15, -0.1) is 11.3 Å². The number of hydrogen-bond acceptors (Lipinski definition) is 4. The van der Waals surface area contributed by atoms with Crippen LogP contribution in [0.5, 0.6) is 0 Å². The molecule has 0 bridgehead atoms. The molecule has 1 heterocycles. The number of nitrogen functional groups attached to an aromatic ring is 1. The summed E-state index contributed by atoms with van der Waals surface area (Å²) in [5.74, 6) is -0.0169. The van der Waals surface area contributed by atoms with Crippen molar-refractivity contribution < 1.29 is 8.42 Å². The van der Waals surface area contributed by atoms with E-state index in [1.807, 2.05) is 11.4 Å². The largest absolute Gasteiger partial charge is 0.397 e. The standard InChI is InChI=1S/C12H12BrNO2S2/c1-8-3-2-4-11(12(8)14)18(15,16)7-10-5-9(13)6-17-10/h2-6H,7,14H2,1H3. The first-order valence-corrected chi connectivity index (χ1v) is 8.53. The van der Waals surface area contributed by atoms with Crippen molar-refractivity contribution in [2.24, 2.45) is 0 Å². The summed E-state index contributed by atoms with van der Waals surface area (Å²) >= 11 is 4.73. The zero-order valence-electron chi connectivity index (χ0n) is 9.68. The summed E-state index contributed by atoms with van der Waals surface area (Å²) in [6.45, 7) is 1.80. The van der Waals surface area contributed by atoms with Crippen molar-refractivity contribution in [1.82, 2.24) is 0 Å². The zero-order chi connectivity index (χ0) is 13.3. The Kier molecular flexibility index (Phi) is 3.79. The summed E-state index contributed by atoms with van der Waals surface area (Å²) in [6, 6.07) is 6.88. The normalized spacial score (nSPS) is 11.7. The minimum Gasteiger partial charge on any atom is -0.397 e. The molecule has 0 fully saturated rings. The van der Waals surface area contributed by atoms with Crippen LogP contribution in [0, 0.1) is 6.92 Å². The van der Waals surface area contributed by atoms with Gasteiger partial charge in [-0.2, -0.15) is 0 Å². The maximum atomic E-state index is 12.3. The van der Waals surface area contributed by atoms with E-state index in [1.54, 1.807) is 25.1 Å². The fourth-order valence-electron chi connectivity index (χ4n) is 1.62. The van der Waals surface area contributed by atoms with E-state index < -0.39 is 9.84 Å². The molecule has 0 aliphatic rings. The maximum Gasteiger partial charge on any atom is 0.185 e. The Bertz CT molecular complexity index is 677. The first-order chi connectivity index (χ1) is 8.40. The van der Waals surface area contributed by atoms with Crippen LogP contribution >= 0.6 is 27.3 Å². The van der Waals surface area contributed by atoms with E-state index >= 15 is 0 Å². The van der Waals surface area contributed by atoms with Gasteiger partial charge in [-0.05, 0) is 40.5 Å². The molecule has 2 rings (SSSR count). The topological polar surface area (TPSA) is 60.2 Å². The van der Waals surface area contributed by atoms with Crippen molar-refractivity contribution in [2.75, 3.05) is 5.73 Å². The number of sulfone groups is 1. The predicted molar refractivity (Wildman–Crippen MR) is 78.5 cm³/mol. The van der Waals surface area contributed by atoms with E-state index in [1.165, 1.54) is 11.3 Å². The highest BCUT2D eigenvalue weighted by Crippen LogP contribution is 2.28. The fourth-order valence-corrected chi connectivity index (χ4v) is 4.99. The third-order valence-corrected chi connectivity index (χ3v) is 6.17. The molecule has 18 heavy (non-hydrogen) atoms. The lowest BCUT2D eigenvalue weighted by Crippen LogP contribution is -2.08. The Morgan fingerprint density at radius 1 is 1.39 bits per heavy atom. The minimum atomic E-state index is -3.39. The molecule has 0 saturated carbocycles. The molecular weight excluding hydrogens is 334 g/mol. The van der Waals surface area contributed by atoms with E-state index in [-0.39, 0.29) is 10.6 Å². The van der Waals surface area contributed by atoms with Crippen LogP contribution in [0.25, 0.3) is 0 Å². The molecule has 2 aromatic rings. The van der Waals surface area contributed by atoms with Crippen molar-refractivity contribution in [3.63, 3.8) is 0 Å². The molecule has 0 aliphatic heterocycles. The van der Waals surface area contributed by atoms with E-state index in [0.29, 0.717) is 5.69 Å². The lowest BCUT2D eigenvalue weighted by molar-refractivity contribution is 0.596. The number of para-hydroxylation sites is 1. The summed E-state index contributed by atoms with van der Waals surface area (Å²) in [4.78, 5) is 1.01. The average molecular weight is 346 g/mol. The van der Waals surface area contributed by atoms with Gasteiger partial charge < -0.3 is 5.73 Å². The highest BCUT2D eigenvalue weighted by molar-refractivity contribution is 9.10. The zero-order valence-corrected chi connectivity index (χ0v) is 12.9. The third-order valence-electron chi connectivity index (χ3n) is 2.57. The van der Waals surface area contributed by atoms with Gasteiger partial charge in [0.05, 0.1) is 16.3 Å². The summed E-state index contributed by atoms with van der Waals surface area (Å²) < 4.78 is 25.5. The summed E-state index contributed by atoms with van der Waals surface area (Å²) in [5.41, 5.74) is 6.96. The SMILES string of the molecule is Cc1cccc(S(=O)(=O)Cc2cc(Br)cs2)c1N. The predicted octanol–water partition coefficient (Wildman–Crippen LogP) is 3.38. The number of halogens is 1. The lowest BCUT2D eigenvalue weighted by atomic mass is 10.2. The minimum absolute atomic E-state index is 0.0169. The smallest absolute Gasteiger partial charge is 0.185 e. The highest BCUT2D eigenvalue weighted by atomic mass is 79.9. The Balaban J connectivity index is 2.40. The Morgan fingerprint density at radius 3 is 2.72 bits per heavy atom. The number of hydrogen-bond donors (Lipinski definition) is 1. The molecule has 1 aromatic heterocycles. The molecule has 0 atom stereocenters. The highest BCUT2D eigenvalue weighted by Gasteiger charge is 2.19. The molecule has 0 spiro atoms. The van der Waals surface area contributed by atoms with Gasteiger partial charge in [0.2, 0.25) is 0 Å². The summed E-state index contributed by atoms with van der Waals surface area (Å²) in [7, 11) is -3.39. The van der Waals surface area contributed by atoms with Gasteiger partial charge in [0.15, 0.2) is 9.84 Å². The Labute approximate surface area is 119 Å². The van der Waals surface area contributed by atoms with Gasteiger partial charge in [-0.25, -0.2) is 8.42 Å². The number of benzene rings is 1. The van der Waals surface area contributed by atoms with E-state index in [0.717, 1.165) is 14.9 Å². The van der Waals surface area contributed by atoms with Gasteiger partial charge >= 0.3 is 0 Å². The molecule has 96 valence electrons. The third kappa shape index (κ3) is 2.76. The maximum absolute atomic E-state index is 12.3.